The molecule has 0 saturated heterocycles. The van der Waals surface area contributed by atoms with Gasteiger partial charge in [-0.1, -0.05) is 8.93 Å². The van der Waals surface area contributed by atoms with Gasteiger partial charge in [0, 0.05) is 14.9 Å². The third kappa shape index (κ3) is 6.93. The summed E-state index contributed by atoms with van der Waals surface area (Å²) in [6, 6.07) is 0. The number of carboxylic acid groups (broad SMARTS) is 1. The lowest BCUT2D eigenvalue weighted by Gasteiger charge is -2.20. The minimum atomic E-state index is -1.16. The van der Waals surface area contributed by atoms with E-state index in [1.54, 1.807) is 0 Å². The maximum atomic E-state index is 10.2. The average Bonchev–Trinajstić information content (AvgIpc) is 1.84. The molecule has 0 heterocycles. The van der Waals surface area contributed by atoms with Crippen molar-refractivity contribution in [2.75, 3.05) is 6.61 Å². The van der Waals surface area contributed by atoms with E-state index in [9.17, 15) is 9.90 Å². The third-order valence-corrected chi connectivity index (χ3v) is 2.23. The normalized spacial score (nSPS) is 16.6. The molecule has 6 heteroatoms. The molecular weight excluding hydrogens is 198 g/mol. The van der Waals surface area contributed by atoms with Gasteiger partial charge in [-0.05, 0) is 6.92 Å². The van der Waals surface area contributed by atoms with Crippen molar-refractivity contribution in [3.63, 3.8) is 0 Å². The first-order chi connectivity index (χ1) is 5.48. The summed E-state index contributed by atoms with van der Waals surface area (Å²) in [7, 11) is 2.71. The minimum absolute atomic E-state index is 0.240. The summed E-state index contributed by atoms with van der Waals surface area (Å²) in [4.78, 5) is 10.2. The van der Waals surface area contributed by atoms with Gasteiger partial charge in [-0.25, -0.2) is 0 Å². The number of hydrogen-bond acceptors (Lipinski definition) is 3. The van der Waals surface area contributed by atoms with Crippen molar-refractivity contribution in [3.05, 3.63) is 0 Å². The molecule has 0 fully saturated rings. The second-order valence-electron chi connectivity index (χ2n) is 2.78. The lowest BCUT2D eigenvalue weighted by molar-refractivity contribution is -0.142. The first-order valence-electron chi connectivity index (χ1n) is 3.49. The quantitative estimate of drug-likeness (QED) is 0.509. The largest absolute Gasteiger partial charge is 0.481 e. The van der Waals surface area contributed by atoms with Crippen LogP contribution in [0.5, 0.6) is 0 Å². The molecule has 0 aromatic rings. The summed E-state index contributed by atoms with van der Waals surface area (Å²) < 4.78 is 4.99. The Hall–Kier alpha value is 0.250. The van der Waals surface area contributed by atoms with Gasteiger partial charge in [0.1, 0.15) is 0 Å². The van der Waals surface area contributed by atoms with E-state index >= 15 is 0 Å². The summed E-state index contributed by atoms with van der Waals surface area (Å²) >= 11 is 0. The molecule has 0 spiro atoms. The lowest BCUT2D eigenvalue weighted by atomic mass is 9.99. The van der Waals surface area contributed by atoms with Crippen molar-refractivity contribution in [2.24, 2.45) is 0 Å². The van der Waals surface area contributed by atoms with Gasteiger partial charge in [-0.2, -0.15) is 0 Å². The molecule has 0 aliphatic heterocycles. The minimum Gasteiger partial charge on any atom is -0.481 e. The first kappa shape index (κ1) is 12.2. The molecule has 4 nitrogen and oxygen atoms in total. The van der Waals surface area contributed by atoms with Gasteiger partial charge in [-0.3, -0.25) is 4.79 Å². The van der Waals surface area contributed by atoms with Crippen LogP contribution in [0.2, 0.25) is 0 Å². The van der Waals surface area contributed by atoms with E-state index in [0.29, 0.717) is 21.5 Å². The predicted octanol–water partition coefficient (Wildman–Crippen LogP) is 1.00. The lowest BCUT2D eigenvalue weighted by Crippen LogP contribution is -2.28. The Morgan fingerprint density at radius 2 is 2.33 bits per heavy atom. The third-order valence-electron chi connectivity index (χ3n) is 1.36. The number of carboxylic acids is 1. The summed E-state index contributed by atoms with van der Waals surface area (Å²) in [5.74, 6) is -0.992. The maximum absolute atomic E-state index is 10.2. The molecule has 0 amide bonds. The Bertz CT molecular complexity index is 148. The van der Waals surface area contributed by atoms with E-state index in [2.05, 4.69) is 8.93 Å². The second-order valence-corrected chi connectivity index (χ2v) is 4.02. The van der Waals surface area contributed by atoms with Crippen LogP contribution in [0.3, 0.4) is 0 Å². The molecule has 0 bridgehead atoms. The van der Waals surface area contributed by atoms with Gasteiger partial charge in [0.2, 0.25) is 0 Å². The molecule has 0 aliphatic rings. The summed E-state index contributed by atoms with van der Waals surface area (Å²) in [6.45, 7) is 1.89. The topological polar surface area (TPSA) is 66.8 Å². The van der Waals surface area contributed by atoms with Crippen molar-refractivity contribution < 1.29 is 19.5 Å². The zero-order valence-corrected chi connectivity index (χ0v) is 9.06. The standard InChI is InChI=1S/C6H14O4P2/c1-6(9,4-5(7)8)2-3-10-12-11/h9,12H,2-4,11H2,1H3,(H,7,8). The van der Waals surface area contributed by atoms with Crippen molar-refractivity contribution in [2.45, 2.75) is 25.4 Å². The van der Waals surface area contributed by atoms with Gasteiger partial charge >= 0.3 is 5.97 Å². The molecule has 0 aromatic carbocycles. The van der Waals surface area contributed by atoms with Crippen LogP contribution in [-0.4, -0.2) is 28.4 Å². The fourth-order valence-corrected chi connectivity index (χ4v) is 1.32. The summed E-state index contributed by atoms with van der Waals surface area (Å²) in [5.41, 5.74) is -1.16. The van der Waals surface area contributed by atoms with Crippen LogP contribution in [0, 0.1) is 0 Å². The van der Waals surface area contributed by atoms with Crippen LogP contribution in [0.15, 0.2) is 0 Å². The number of hydrogen-bond donors (Lipinski definition) is 2. The van der Waals surface area contributed by atoms with Gasteiger partial charge in [0.25, 0.3) is 0 Å². The van der Waals surface area contributed by atoms with Crippen LogP contribution >= 0.6 is 17.4 Å². The average molecular weight is 212 g/mol. The van der Waals surface area contributed by atoms with Crippen LogP contribution < -0.4 is 0 Å². The number of aliphatic hydroxyl groups is 1. The van der Waals surface area contributed by atoms with Crippen molar-refractivity contribution in [1.29, 1.82) is 0 Å². The zero-order chi connectivity index (χ0) is 9.61. The van der Waals surface area contributed by atoms with E-state index < -0.39 is 11.6 Å². The Balaban J connectivity index is 3.63. The highest BCUT2D eigenvalue weighted by Gasteiger charge is 2.23. The Morgan fingerprint density at radius 1 is 1.75 bits per heavy atom. The van der Waals surface area contributed by atoms with E-state index in [1.165, 1.54) is 6.92 Å². The number of carbonyl (C=O) groups is 1. The van der Waals surface area contributed by atoms with Gasteiger partial charge in [0.15, 0.2) is 0 Å². The van der Waals surface area contributed by atoms with Crippen LogP contribution in [0.4, 0.5) is 0 Å². The molecule has 0 radical (unpaired) electrons. The molecular formula is C6H14O4P2. The highest BCUT2D eigenvalue weighted by Crippen LogP contribution is 2.23. The maximum Gasteiger partial charge on any atom is 0.306 e. The monoisotopic (exact) mass is 212 g/mol. The summed E-state index contributed by atoms with van der Waals surface area (Å²) in [6.07, 6.45) is 0.108. The van der Waals surface area contributed by atoms with Crippen LogP contribution in [0.1, 0.15) is 19.8 Å². The molecule has 0 aliphatic carbocycles. The Morgan fingerprint density at radius 3 is 2.75 bits per heavy atom. The SMILES string of the molecule is CC(O)(CCOPP)CC(=O)O. The van der Waals surface area contributed by atoms with Gasteiger partial charge in [0.05, 0.1) is 18.6 Å². The number of aliphatic carboxylic acids is 1. The van der Waals surface area contributed by atoms with Gasteiger partial charge < -0.3 is 14.7 Å². The molecule has 12 heavy (non-hydrogen) atoms. The van der Waals surface area contributed by atoms with E-state index in [0.717, 1.165) is 0 Å². The molecule has 0 saturated carbocycles. The van der Waals surface area contributed by atoms with Crippen LogP contribution in [0.25, 0.3) is 0 Å². The van der Waals surface area contributed by atoms with E-state index in [1.807, 2.05) is 0 Å². The molecule has 3 unspecified atom stereocenters. The second kappa shape index (κ2) is 5.82. The smallest absolute Gasteiger partial charge is 0.306 e. The Kier molecular flexibility index (Phi) is 5.94. The molecule has 0 rings (SSSR count). The van der Waals surface area contributed by atoms with Crippen molar-refractivity contribution in [3.8, 4) is 0 Å². The van der Waals surface area contributed by atoms with E-state index in [4.69, 9.17) is 9.63 Å². The fourth-order valence-electron chi connectivity index (χ4n) is 0.744. The molecule has 2 N–H and O–H groups in total. The molecule has 3 atom stereocenters. The Labute approximate surface area is 75.7 Å². The summed E-state index contributed by atoms with van der Waals surface area (Å²) in [5, 5.41) is 17.8. The highest BCUT2D eigenvalue weighted by atomic mass is 32.0. The first-order valence-corrected chi connectivity index (χ1v) is 6.21. The molecule has 72 valence electrons. The van der Waals surface area contributed by atoms with E-state index in [-0.39, 0.29) is 6.42 Å². The van der Waals surface area contributed by atoms with Gasteiger partial charge in [-0.15, -0.1) is 0 Å². The number of rotatable bonds is 6. The van der Waals surface area contributed by atoms with Crippen LogP contribution in [-0.2, 0) is 9.32 Å². The highest BCUT2D eigenvalue weighted by molar-refractivity contribution is 8.00. The fraction of sp³-hybridized carbons (Fsp3) is 0.833. The zero-order valence-electron chi connectivity index (χ0n) is 6.91. The van der Waals surface area contributed by atoms with Crippen molar-refractivity contribution in [1.82, 2.24) is 0 Å². The van der Waals surface area contributed by atoms with Crippen molar-refractivity contribution >= 4 is 23.4 Å². The molecule has 0 aromatic heterocycles. The predicted molar refractivity (Wildman–Crippen MR) is 51.5 cm³/mol.